The fourth-order valence-electron chi connectivity index (χ4n) is 6.25. The average Bonchev–Trinajstić information content (AvgIpc) is 3.81. The highest BCUT2D eigenvalue weighted by Crippen LogP contribution is 2.30. The average molecular weight is 711 g/mol. The number of aliphatic carboxylic acids is 1. The number of hydrogen-bond donors (Lipinski definition) is 2. The van der Waals surface area contributed by atoms with E-state index >= 15 is 0 Å². The first-order chi connectivity index (χ1) is 24.5. The van der Waals surface area contributed by atoms with Crippen molar-refractivity contribution in [1.29, 1.82) is 0 Å². The van der Waals surface area contributed by atoms with Gasteiger partial charge in [0.25, 0.3) is 5.91 Å². The third-order valence-corrected chi connectivity index (χ3v) is 10.8. The van der Waals surface area contributed by atoms with Crippen LogP contribution in [0.3, 0.4) is 0 Å². The first-order valence-corrected chi connectivity index (χ1v) is 18.9. The van der Waals surface area contributed by atoms with Crippen molar-refractivity contribution in [3.8, 4) is 28.3 Å². The number of benzene rings is 2. The van der Waals surface area contributed by atoms with E-state index < -0.39 is 12.0 Å². The maximum atomic E-state index is 13.8. The molecule has 0 aliphatic carbocycles. The maximum Gasteiger partial charge on any atom is 0.303 e. The van der Waals surface area contributed by atoms with Crippen molar-refractivity contribution >= 4 is 29.1 Å². The smallest absolute Gasteiger partial charge is 0.303 e. The van der Waals surface area contributed by atoms with E-state index in [1.54, 1.807) is 4.90 Å². The molecule has 10 heteroatoms. The number of aromatic nitrogens is 2. The molecule has 2 aromatic heterocycles. The number of hydrogen-bond acceptors (Lipinski definition) is 7. The van der Waals surface area contributed by atoms with Crippen LogP contribution in [0, 0.1) is 5.92 Å². The predicted octanol–water partition coefficient (Wildman–Crippen LogP) is 8.18. The molecule has 0 saturated carbocycles. The van der Waals surface area contributed by atoms with E-state index in [9.17, 15) is 19.5 Å². The van der Waals surface area contributed by atoms with E-state index in [-0.39, 0.29) is 29.6 Å². The van der Waals surface area contributed by atoms with Crippen LogP contribution in [0.25, 0.3) is 22.5 Å². The third-order valence-electron chi connectivity index (χ3n) is 9.24. The third kappa shape index (κ3) is 10.7. The molecule has 1 aliphatic heterocycles. The van der Waals surface area contributed by atoms with Gasteiger partial charge in [-0.3, -0.25) is 14.4 Å². The second kappa shape index (κ2) is 17.6. The Balaban J connectivity index is 1.23. The first-order valence-electron chi connectivity index (χ1n) is 18.1. The number of carbonyl (C=O) groups excluding carboxylic acids is 2. The summed E-state index contributed by atoms with van der Waals surface area (Å²) in [6.07, 6.45) is 10.6. The molecule has 1 aliphatic rings. The lowest BCUT2D eigenvalue weighted by Gasteiger charge is -2.24. The number of carbonyl (C=O) groups is 3. The number of nitrogens with one attached hydrogen (secondary N) is 1. The van der Waals surface area contributed by atoms with Crippen molar-refractivity contribution in [2.45, 2.75) is 90.5 Å². The SMILES string of the molecule is CCCCCCCOc1ccc(-c2cnc(-c3ccc(CC(NC(=O)c4ccc(C(C)(C)C)s4)C(=O)N4CCC(CC(=O)O)C4)cc3)nc2)cc1. The highest BCUT2D eigenvalue weighted by atomic mass is 32.1. The summed E-state index contributed by atoms with van der Waals surface area (Å²) in [4.78, 5) is 51.1. The Kier molecular flexibility index (Phi) is 13.0. The topological polar surface area (TPSA) is 122 Å². The van der Waals surface area contributed by atoms with Gasteiger partial charge in [-0.2, -0.15) is 0 Å². The molecular formula is C41H50N4O5S. The summed E-state index contributed by atoms with van der Waals surface area (Å²) in [6.45, 7) is 10.1. The molecule has 2 N–H and O–H groups in total. The highest BCUT2D eigenvalue weighted by molar-refractivity contribution is 7.14. The molecule has 0 radical (unpaired) electrons. The van der Waals surface area contributed by atoms with Gasteiger partial charge in [0.05, 0.1) is 11.5 Å². The number of unbranched alkanes of at least 4 members (excludes halogenated alkanes) is 4. The Morgan fingerprint density at radius 1 is 0.922 bits per heavy atom. The first kappa shape index (κ1) is 37.7. The fraction of sp³-hybridized carbons (Fsp3) is 0.439. The lowest BCUT2D eigenvalue weighted by atomic mass is 9.95. The Hall–Kier alpha value is -4.57. The Morgan fingerprint density at radius 3 is 2.25 bits per heavy atom. The number of carboxylic acid groups (broad SMARTS) is 1. The summed E-state index contributed by atoms with van der Waals surface area (Å²) in [6, 6.07) is 18.7. The van der Waals surface area contributed by atoms with Crippen LogP contribution < -0.4 is 10.1 Å². The van der Waals surface area contributed by atoms with Gasteiger partial charge in [-0.25, -0.2) is 9.97 Å². The molecule has 1 fully saturated rings. The van der Waals surface area contributed by atoms with Crippen molar-refractivity contribution in [3.05, 3.63) is 88.4 Å². The Morgan fingerprint density at radius 2 is 1.61 bits per heavy atom. The number of likely N-dealkylation sites (tertiary alicyclic amines) is 1. The molecule has 0 spiro atoms. The van der Waals surface area contributed by atoms with Crippen molar-refractivity contribution < 1.29 is 24.2 Å². The van der Waals surface area contributed by atoms with Crippen LogP contribution in [-0.2, 0) is 21.4 Å². The number of thiophene rings is 1. The summed E-state index contributed by atoms with van der Waals surface area (Å²) in [5.74, 6) is -0.00646. The van der Waals surface area contributed by atoms with E-state index in [4.69, 9.17) is 4.74 Å². The van der Waals surface area contributed by atoms with E-state index in [0.717, 1.165) is 45.9 Å². The highest BCUT2D eigenvalue weighted by Gasteiger charge is 2.33. The molecule has 3 heterocycles. The molecule has 2 atom stereocenters. The zero-order valence-electron chi connectivity index (χ0n) is 30.2. The molecule has 4 aromatic rings. The molecule has 2 amide bonds. The van der Waals surface area contributed by atoms with Crippen LogP contribution in [0.5, 0.6) is 5.75 Å². The molecule has 270 valence electrons. The minimum absolute atomic E-state index is 0.0244. The normalized spacial score (nSPS) is 15.1. The molecule has 9 nitrogen and oxygen atoms in total. The quantitative estimate of drug-likeness (QED) is 0.113. The van der Waals surface area contributed by atoms with Crippen molar-refractivity contribution in [3.63, 3.8) is 0 Å². The second-order valence-corrected chi connectivity index (χ2v) is 15.5. The van der Waals surface area contributed by atoms with Crippen molar-refractivity contribution in [1.82, 2.24) is 20.2 Å². The van der Waals surface area contributed by atoms with Gasteiger partial charge < -0.3 is 20.1 Å². The summed E-state index contributed by atoms with van der Waals surface area (Å²) in [7, 11) is 0. The van der Waals surface area contributed by atoms with Crippen LogP contribution in [0.1, 0.15) is 92.8 Å². The molecule has 2 aromatic carbocycles. The zero-order valence-corrected chi connectivity index (χ0v) is 31.0. The lowest BCUT2D eigenvalue weighted by Crippen LogP contribution is -2.49. The fourth-order valence-corrected chi connectivity index (χ4v) is 7.22. The number of nitrogens with zero attached hydrogens (tertiary/aromatic N) is 3. The largest absolute Gasteiger partial charge is 0.494 e. The van der Waals surface area contributed by atoms with Crippen LogP contribution >= 0.6 is 11.3 Å². The van der Waals surface area contributed by atoms with Gasteiger partial charge in [-0.15, -0.1) is 11.3 Å². The van der Waals surface area contributed by atoms with Gasteiger partial charge in [0.1, 0.15) is 11.8 Å². The van der Waals surface area contributed by atoms with Gasteiger partial charge in [0.2, 0.25) is 5.91 Å². The number of amides is 2. The Labute approximate surface area is 305 Å². The minimum Gasteiger partial charge on any atom is -0.494 e. The number of ether oxygens (including phenoxy) is 1. The van der Waals surface area contributed by atoms with E-state index in [0.29, 0.717) is 36.6 Å². The molecule has 51 heavy (non-hydrogen) atoms. The van der Waals surface area contributed by atoms with Crippen LogP contribution in [-0.4, -0.2) is 63.5 Å². The van der Waals surface area contributed by atoms with Gasteiger partial charge in [0.15, 0.2) is 5.82 Å². The zero-order chi connectivity index (χ0) is 36.4. The van der Waals surface area contributed by atoms with E-state index in [2.05, 4.69) is 43.0 Å². The second-order valence-electron chi connectivity index (χ2n) is 14.5. The molecular weight excluding hydrogens is 661 g/mol. The molecule has 5 rings (SSSR count). The van der Waals surface area contributed by atoms with E-state index in [1.807, 2.05) is 73.1 Å². The minimum atomic E-state index is -0.868. The lowest BCUT2D eigenvalue weighted by molar-refractivity contribution is -0.138. The summed E-state index contributed by atoms with van der Waals surface area (Å²) >= 11 is 1.43. The van der Waals surface area contributed by atoms with Crippen LogP contribution in [0.15, 0.2) is 73.1 Å². The predicted molar refractivity (Wildman–Crippen MR) is 202 cm³/mol. The van der Waals surface area contributed by atoms with Gasteiger partial charge in [0, 0.05) is 54.3 Å². The van der Waals surface area contributed by atoms with Crippen LogP contribution in [0.2, 0.25) is 0 Å². The van der Waals surface area contributed by atoms with Gasteiger partial charge >= 0.3 is 5.97 Å². The summed E-state index contributed by atoms with van der Waals surface area (Å²) in [5.41, 5.74) is 3.54. The summed E-state index contributed by atoms with van der Waals surface area (Å²) < 4.78 is 5.90. The number of rotatable bonds is 16. The standard InChI is InChI=1S/C41H50N4O5S/c1-5-6-7-8-9-22-50-33-16-14-30(15-17-33)32-25-42-38(43-26-32)31-12-10-28(11-13-31)23-34(40(49)45-21-20-29(27-45)24-37(46)47)44-39(48)35-18-19-36(51-35)41(2,3)4/h10-19,25-26,29,34H,5-9,20-24,27H2,1-4H3,(H,44,48)(H,46,47). The van der Waals surface area contributed by atoms with Crippen molar-refractivity contribution in [2.24, 2.45) is 5.92 Å². The maximum absolute atomic E-state index is 13.8. The van der Waals surface area contributed by atoms with E-state index in [1.165, 1.54) is 37.0 Å². The monoisotopic (exact) mass is 710 g/mol. The van der Waals surface area contributed by atoms with Gasteiger partial charge in [-0.1, -0.05) is 89.8 Å². The number of carboxylic acids is 1. The molecule has 1 saturated heterocycles. The van der Waals surface area contributed by atoms with Crippen molar-refractivity contribution in [2.75, 3.05) is 19.7 Å². The summed E-state index contributed by atoms with van der Waals surface area (Å²) in [5, 5.41) is 12.3. The molecule has 0 bridgehead atoms. The van der Waals surface area contributed by atoms with Gasteiger partial charge in [-0.05, 0) is 59.6 Å². The van der Waals surface area contributed by atoms with Crippen LogP contribution in [0.4, 0.5) is 0 Å². The Bertz CT molecular complexity index is 1750. The molecule has 2 unspecified atom stereocenters.